The fourth-order valence-electron chi connectivity index (χ4n) is 6.79. The van der Waals surface area contributed by atoms with E-state index in [1.165, 1.54) is 0 Å². The molecule has 0 heterocycles. The van der Waals surface area contributed by atoms with E-state index in [4.69, 9.17) is 36.1 Å². The lowest BCUT2D eigenvalue weighted by Gasteiger charge is -2.50. The zero-order valence-electron chi connectivity index (χ0n) is 16.6. The molecule has 8 unspecified atom stereocenters. The van der Waals surface area contributed by atoms with E-state index in [-0.39, 0.29) is 35.6 Å². The van der Waals surface area contributed by atoms with E-state index in [9.17, 15) is 9.90 Å². The van der Waals surface area contributed by atoms with Crippen LogP contribution in [-0.4, -0.2) is 62.8 Å². The summed E-state index contributed by atoms with van der Waals surface area (Å²) in [6.07, 6.45) is 3.32. The number of hydrogen-bond acceptors (Lipinski definition) is 9. The van der Waals surface area contributed by atoms with E-state index >= 15 is 0 Å². The SMILES string of the molecule is COCC(COC(O)C12CC3CC4(C1)C(CC4C3OC(=O)C(N)(N)N)C2)OC. The number of carbonyl (C=O) groups is 1. The molecule has 4 saturated carbocycles. The molecule has 4 fully saturated rings. The van der Waals surface area contributed by atoms with Crippen LogP contribution in [0.5, 0.6) is 0 Å². The molecular formula is C19H33N3O6. The highest BCUT2D eigenvalue weighted by Gasteiger charge is 2.76. The molecule has 0 aromatic heterocycles. The molecule has 0 radical (unpaired) electrons. The molecule has 9 heteroatoms. The van der Waals surface area contributed by atoms with Crippen molar-refractivity contribution in [1.29, 1.82) is 0 Å². The summed E-state index contributed by atoms with van der Waals surface area (Å²) in [5.74, 6) is -1.74. The molecule has 3 bridgehead atoms. The van der Waals surface area contributed by atoms with Crippen LogP contribution in [0, 0.1) is 28.6 Å². The second kappa shape index (κ2) is 6.87. The normalized spacial score (nSPS) is 42.8. The smallest absolute Gasteiger partial charge is 0.356 e. The average Bonchev–Trinajstić information content (AvgIpc) is 2.91. The Morgan fingerprint density at radius 1 is 1.21 bits per heavy atom. The Hall–Kier alpha value is -0.810. The lowest BCUT2D eigenvalue weighted by atomic mass is 9.55. The van der Waals surface area contributed by atoms with Crippen LogP contribution in [0.3, 0.4) is 0 Å². The van der Waals surface area contributed by atoms with Gasteiger partial charge >= 0.3 is 5.97 Å². The lowest BCUT2D eigenvalue weighted by molar-refractivity contribution is -0.204. The molecule has 28 heavy (non-hydrogen) atoms. The van der Waals surface area contributed by atoms with Gasteiger partial charge in [0.05, 0.1) is 13.2 Å². The summed E-state index contributed by atoms with van der Waals surface area (Å²) in [7, 11) is 3.21. The van der Waals surface area contributed by atoms with Gasteiger partial charge in [0.1, 0.15) is 12.2 Å². The van der Waals surface area contributed by atoms with Crippen LogP contribution >= 0.6 is 0 Å². The summed E-state index contributed by atoms with van der Waals surface area (Å²) in [6, 6.07) is 0. The van der Waals surface area contributed by atoms with E-state index in [0.717, 1.165) is 32.1 Å². The van der Waals surface area contributed by atoms with Gasteiger partial charge in [-0.2, -0.15) is 0 Å². The van der Waals surface area contributed by atoms with Crippen molar-refractivity contribution in [3.05, 3.63) is 0 Å². The Labute approximate surface area is 165 Å². The van der Waals surface area contributed by atoms with Crippen molar-refractivity contribution in [3.8, 4) is 0 Å². The van der Waals surface area contributed by atoms with Crippen LogP contribution in [0.4, 0.5) is 0 Å². The quantitative estimate of drug-likeness (QED) is 0.290. The van der Waals surface area contributed by atoms with Gasteiger partial charge in [0.2, 0.25) is 5.79 Å². The van der Waals surface area contributed by atoms with Gasteiger partial charge in [0.15, 0.2) is 6.29 Å². The molecule has 9 nitrogen and oxygen atoms in total. The summed E-state index contributed by atoms with van der Waals surface area (Å²) in [5.41, 5.74) is 16.3. The highest BCUT2D eigenvalue weighted by atomic mass is 16.6. The van der Waals surface area contributed by atoms with Gasteiger partial charge < -0.3 is 24.1 Å². The minimum atomic E-state index is -1.98. The molecule has 0 aromatic carbocycles. The molecular weight excluding hydrogens is 366 g/mol. The Morgan fingerprint density at radius 2 is 1.96 bits per heavy atom. The largest absolute Gasteiger partial charge is 0.458 e. The average molecular weight is 399 g/mol. The van der Waals surface area contributed by atoms with Gasteiger partial charge in [0, 0.05) is 25.6 Å². The van der Waals surface area contributed by atoms with Crippen molar-refractivity contribution in [3.63, 3.8) is 0 Å². The highest BCUT2D eigenvalue weighted by molar-refractivity contribution is 5.79. The number of hydrogen-bond donors (Lipinski definition) is 4. The highest BCUT2D eigenvalue weighted by Crippen LogP contribution is 2.79. The summed E-state index contributed by atoms with van der Waals surface area (Å²) in [4.78, 5) is 12.2. The standard InChI is InChI=1S/C19H33N3O6/c1-25-7-12(26-2)8-27-15(23)17-4-10-5-18(9-17)11(6-17)3-13(18)14(10)28-16(24)19(20,21)22/h10-15,23H,3-9,20-22H2,1-2H3. The maximum atomic E-state index is 12.2. The third kappa shape index (κ3) is 2.99. The van der Waals surface area contributed by atoms with E-state index in [2.05, 4.69) is 0 Å². The van der Waals surface area contributed by atoms with Crippen molar-refractivity contribution in [2.75, 3.05) is 27.4 Å². The Morgan fingerprint density at radius 3 is 2.61 bits per heavy atom. The Bertz CT molecular complexity index is 627. The number of esters is 1. The monoisotopic (exact) mass is 399 g/mol. The second-order valence-corrected chi connectivity index (χ2v) is 9.49. The third-order valence-corrected chi connectivity index (χ3v) is 7.84. The van der Waals surface area contributed by atoms with E-state index < -0.39 is 18.0 Å². The fraction of sp³-hybridized carbons (Fsp3) is 0.947. The summed E-state index contributed by atoms with van der Waals surface area (Å²) < 4.78 is 22.0. The van der Waals surface area contributed by atoms with Crippen LogP contribution in [0.15, 0.2) is 0 Å². The number of fused-ring (bicyclic) bond motifs is 2. The number of nitrogens with two attached hydrogens (primary N) is 3. The zero-order valence-corrected chi connectivity index (χ0v) is 16.6. The number of carbonyl (C=O) groups excluding carboxylic acids is 1. The molecule has 8 atom stereocenters. The molecule has 160 valence electrons. The lowest BCUT2D eigenvalue weighted by Crippen LogP contribution is -2.65. The molecule has 0 aliphatic heterocycles. The molecule has 4 rings (SSSR count). The molecule has 4 aliphatic rings. The predicted molar refractivity (Wildman–Crippen MR) is 98.2 cm³/mol. The van der Waals surface area contributed by atoms with Crippen molar-refractivity contribution in [1.82, 2.24) is 0 Å². The van der Waals surface area contributed by atoms with Crippen LogP contribution < -0.4 is 17.2 Å². The van der Waals surface area contributed by atoms with Crippen LogP contribution in [0.25, 0.3) is 0 Å². The molecule has 0 saturated heterocycles. The first-order valence-corrected chi connectivity index (χ1v) is 10.0. The number of rotatable bonds is 9. The maximum absolute atomic E-state index is 12.2. The van der Waals surface area contributed by atoms with Crippen LogP contribution in [-0.2, 0) is 23.7 Å². The van der Waals surface area contributed by atoms with E-state index in [1.807, 2.05) is 0 Å². The van der Waals surface area contributed by atoms with Crippen molar-refractivity contribution in [2.45, 2.75) is 56.4 Å². The first-order chi connectivity index (χ1) is 13.1. The Balaban J connectivity index is 1.46. The van der Waals surface area contributed by atoms with Gasteiger partial charge in [-0.15, -0.1) is 0 Å². The fourth-order valence-corrected chi connectivity index (χ4v) is 6.79. The zero-order chi connectivity index (χ0) is 20.3. The first-order valence-electron chi connectivity index (χ1n) is 10.0. The predicted octanol–water partition coefficient (Wildman–Crippen LogP) is -0.749. The van der Waals surface area contributed by atoms with E-state index in [0.29, 0.717) is 18.4 Å². The van der Waals surface area contributed by atoms with Crippen molar-refractivity contribution < 1.29 is 28.8 Å². The number of ether oxygens (including phenoxy) is 4. The van der Waals surface area contributed by atoms with Gasteiger partial charge in [-0.3, -0.25) is 17.2 Å². The van der Waals surface area contributed by atoms with Crippen LogP contribution in [0.2, 0.25) is 0 Å². The van der Waals surface area contributed by atoms with Gasteiger partial charge in [-0.25, -0.2) is 4.79 Å². The van der Waals surface area contributed by atoms with E-state index in [1.54, 1.807) is 14.2 Å². The van der Waals surface area contributed by atoms with Gasteiger partial charge in [0.25, 0.3) is 0 Å². The molecule has 0 aromatic rings. The molecule has 4 aliphatic carbocycles. The maximum Gasteiger partial charge on any atom is 0.356 e. The number of aliphatic hydroxyl groups is 1. The topological polar surface area (TPSA) is 152 Å². The first kappa shape index (κ1) is 20.5. The second-order valence-electron chi connectivity index (χ2n) is 9.49. The summed E-state index contributed by atoms with van der Waals surface area (Å²) in [6.45, 7) is 0.679. The molecule has 0 amide bonds. The number of aliphatic hydroxyl groups excluding tert-OH is 1. The van der Waals surface area contributed by atoms with Gasteiger partial charge in [-0.05, 0) is 49.4 Å². The Kier molecular flexibility index (Phi) is 5.02. The van der Waals surface area contributed by atoms with Gasteiger partial charge in [-0.1, -0.05) is 0 Å². The summed E-state index contributed by atoms with van der Waals surface area (Å²) in [5, 5.41) is 11.0. The summed E-state index contributed by atoms with van der Waals surface area (Å²) >= 11 is 0. The van der Waals surface area contributed by atoms with Crippen molar-refractivity contribution in [2.24, 2.45) is 45.8 Å². The van der Waals surface area contributed by atoms with Crippen LogP contribution in [0.1, 0.15) is 32.1 Å². The van der Waals surface area contributed by atoms with Crippen molar-refractivity contribution >= 4 is 5.97 Å². The molecule has 1 spiro atoms. The molecule has 7 N–H and O–H groups in total. The third-order valence-electron chi connectivity index (χ3n) is 7.84. The minimum Gasteiger partial charge on any atom is -0.458 e. The minimum absolute atomic E-state index is 0.131. The number of methoxy groups -OCH3 is 2.